The summed E-state index contributed by atoms with van der Waals surface area (Å²) in [6, 6.07) is 38.8. The number of aryl methyl sites for hydroxylation is 1. The summed E-state index contributed by atoms with van der Waals surface area (Å²) in [5.41, 5.74) is 7.87. The molecular formula is C35H32N4O. The van der Waals surface area contributed by atoms with Crippen LogP contribution in [0.5, 0.6) is 0 Å². The summed E-state index contributed by atoms with van der Waals surface area (Å²) in [5.74, 6) is 0.940. The quantitative estimate of drug-likeness (QED) is 0.188. The first kappa shape index (κ1) is 25.4. The van der Waals surface area contributed by atoms with Crippen LogP contribution < -0.4 is 5.32 Å². The number of fused-ring (bicyclic) bond motifs is 1. The highest BCUT2D eigenvalue weighted by molar-refractivity contribution is 5.80. The van der Waals surface area contributed by atoms with Crippen LogP contribution in [0.25, 0.3) is 23.3 Å². The molecule has 198 valence electrons. The van der Waals surface area contributed by atoms with Gasteiger partial charge >= 0.3 is 0 Å². The Bertz CT molecular complexity index is 1640. The lowest BCUT2D eigenvalue weighted by Gasteiger charge is -2.35. The molecule has 4 aromatic carbocycles. The Kier molecular flexibility index (Phi) is 7.02. The molecule has 0 aliphatic rings. The maximum atomic E-state index is 5.83. The van der Waals surface area contributed by atoms with Gasteiger partial charge in [-0.25, -0.2) is 4.98 Å². The molecule has 2 aromatic heterocycles. The fraction of sp³-hybridized carbons (Fsp3) is 0.143. The van der Waals surface area contributed by atoms with Crippen LogP contribution in [-0.2, 0) is 11.8 Å². The summed E-state index contributed by atoms with van der Waals surface area (Å²) in [6.45, 7) is 4.86. The largest absolute Gasteiger partial charge is 0.424 e. The summed E-state index contributed by atoms with van der Waals surface area (Å²) in [4.78, 5) is 13.2. The van der Waals surface area contributed by atoms with Gasteiger partial charge in [0.1, 0.15) is 11.3 Å². The van der Waals surface area contributed by atoms with Gasteiger partial charge in [-0.1, -0.05) is 103 Å². The van der Waals surface area contributed by atoms with E-state index < -0.39 is 5.41 Å². The third kappa shape index (κ3) is 4.94. The Hall–Kier alpha value is -4.90. The lowest BCUT2D eigenvalue weighted by Crippen LogP contribution is -2.32. The number of nitrogens with zero attached hydrogens (tertiary/aromatic N) is 2. The average molecular weight is 525 g/mol. The zero-order chi connectivity index (χ0) is 27.4. The zero-order valence-electron chi connectivity index (χ0n) is 22.8. The molecule has 6 aromatic rings. The van der Waals surface area contributed by atoms with Crippen molar-refractivity contribution in [2.75, 3.05) is 11.9 Å². The van der Waals surface area contributed by atoms with Gasteiger partial charge in [-0.2, -0.15) is 4.98 Å². The van der Waals surface area contributed by atoms with Crippen LogP contribution in [0.1, 0.15) is 46.4 Å². The second-order valence-corrected chi connectivity index (χ2v) is 9.98. The maximum Gasteiger partial charge on any atom is 0.295 e. The van der Waals surface area contributed by atoms with E-state index in [1.165, 1.54) is 16.7 Å². The van der Waals surface area contributed by atoms with Crippen molar-refractivity contribution in [3.63, 3.8) is 0 Å². The fourth-order valence-electron chi connectivity index (χ4n) is 5.46. The van der Waals surface area contributed by atoms with E-state index in [2.05, 4.69) is 125 Å². The van der Waals surface area contributed by atoms with Crippen LogP contribution in [0.2, 0.25) is 0 Å². The summed E-state index contributed by atoms with van der Waals surface area (Å²) < 4.78 is 5.83. The Morgan fingerprint density at radius 2 is 1.38 bits per heavy atom. The van der Waals surface area contributed by atoms with Gasteiger partial charge < -0.3 is 14.7 Å². The molecule has 40 heavy (non-hydrogen) atoms. The molecule has 6 rings (SSSR count). The van der Waals surface area contributed by atoms with E-state index in [0.717, 1.165) is 40.4 Å². The number of aromatic nitrogens is 3. The number of aromatic amines is 1. The molecule has 0 bridgehead atoms. The van der Waals surface area contributed by atoms with Crippen LogP contribution >= 0.6 is 0 Å². The molecule has 5 heteroatoms. The molecule has 5 nitrogen and oxygen atoms in total. The van der Waals surface area contributed by atoms with Gasteiger partial charge in [0.05, 0.1) is 11.1 Å². The van der Waals surface area contributed by atoms with Crippen molar-refractivity contribution in [1.82, 2.24) is 15.0 Å². The molecule has 2 heterocycles. The van der Waals surface area contributed by atoms with E-state index in [4.69, 9.17) is 9.40 Å². The second kappa shape index (κ2) is 11.1. The lowest BCUT2D eigenvalue weighted by atomic mass is 9.67. The minimum absolute atomic E-state index is 0.406. The van der Waals surface area contributed by atoms with Gasteiger partial charge in [-0.3, -0.25) is 0 Å². The monoisotopic (exact) mass is 524 g/mol. The molecule has 0 fully saturated rings. The minimum atomic E-state index is -0.406. The van der Waals surface area contributed by atoms with Gasteiger partial charge in [0.2, 0.25) is 0 Å². The molecule has 0 unspecified atom stereocenters. The number of H-pyrrole nitrogens is 1. The first-order chi connectivity index (χ1) is 19.7. The van der Waals surface area contributed by atoms with E-state index >= 15 is 0 Å². The van der Waals surface area contributed by atoms with Crippen molar-refractivity contribution in [3.05, 3.63) is 149 Å². The molecule has 0 radical (unpaired) electrons. The predicted octanol–water partition coefficient (Wildman–Crippen LogP) is 8.04. The number of rotatable bonds is 9. The van der Waals surface area contributed by atoms with Crippen LogP contribution in [0.4, 0.5) is 6.01 Å². The molecular weight excluding hydrogens is 492 g/mol. The fourth-order valence-corrected chi connectivity index (χ4v) is 5.46. The van der Waals surface area contributed by atoms with Gasteiger partial charge in [0.25, 0.3) is 6.01 Å². The Morgan fingerprint density at radius 3 is 1.95 bits per heavy atom. The summed E-state index contributed by atoms with van der Waals surface area (Å²) >= 11 is 0. The van der Waals surface area contributed by atoms with E-state index in [-0.39, 0.29) is 0 Å². The summed E-state index contributed by atoms with van der Waals surface area (Å²) in [5, 5.41) is 3.13. The first-order valence-electron chi connectivity index (χ1n) is 13.7. The number of anilines is 1. The SMILES string of the molecule is CCNc1nc2ccc(C=Cc3nc(CC(c4ccccc4)(c4ccccc4)c4ccccc4)[nH]c3C)cc2o1. The van der Waals surface area contributed by atoms with E-state index in [9.17, 15) is 0 Å². The van der Waals surface area contributed by atoms with Gasteiger partial charge in [0.15, 0.2) is 5.58 Å². The molecule has 0 saturated carbocycles. The molecule has 0 aliphatic carbocycles. The Balaban J connectivity index is 1.37. The first-order valence-corrected chi connectivity index (χ1v) is 13.7. The average Bonchev–Trinajstić information content (AvgIpc) is 3.57. The number of benzene rings is 4. The molecule has 0 atom stereocenters. The van der Waals surface area contributed by atoms with E-state index in [1.54, 1.807) is 0 Å². The molecule has 0 saturated heterocycles. The molecule has 0 amide bonds. The number of nitrogens with one attached hydrogen (secondary N) is 2. The van der Waals surface area contributed by atoms with Crippen molar-refractivity contribution in [3.8, 4) is 0 Å². The van der Waals surface area contributed by atoms with E-state index in [1.807, 2.05) is 25.1 Å². The highest BCUT2D eigenvalue weighted by Gasteiger charge is 2.37. The third-order valence-corrected chi connectivity index (χ3v) is 7.38. The van der Waals surface area contributed by atoms with Gasteiger partial charge in [-0.05, 0) is 54.3 Å². The lowest BCUT2D eigenvalue weighted by molar-refractivity contribution is 0.594. The van der Waals surface area contributed by atoms with Crippen molar-refractivity contribution in [2.45, 2.75) is 25.7 Å². The topological polar surface area (TPSA) is 66.7 Å². The predicted molar refractivity (Wildman–Crippen MR) is 163 cm³/mol. The molecule has 0 spiro atoms. The Morgan fingerprint density at radius 1 is 0.775 bits per heavy atom. The number of imidazole rings is 1. The van der Waals surface area contributed by atoms with Crippen LogP contribution in [-0.4, -0.2) is 21.5 Å². The highest BCUT2D eigenvalue weighted by Crippen LogP contribution is 2.41. The summed E-state index contributed by atoms with van der Waals surface area (Å²) in [6.07, 6.45) is 4.82. The number of hydrogen-bond acceptors (Lipinski definition) is 4. The van der Waals surface area contributed by atoms with Crippen molar-refractivity contribution < 1.29 is 4.42 Å². The molecule has 2 N–H and O–H groups in total. The van der Waals surface area contributed by atoms with Crippen molar-refractivity contribution >= 4 is 29.3 Å². The smallest absolute Gasteiger partial charge is 0.295 e. The highest BCUT2D eigenvalue weighted by atomic mass is 16.4. The summed E-state index contributed by atoms with van der Waals surface area (Å²) in [7, 11) is 0. The standard InChI is InChI=1S/C35H32N4O/c1-3-36-34-39-31-22-20-26(23-32(31)40-34)19-21-30-25(2)37-33(38-30)24-35(27-13-7-4-8-14-27,28-15-9-5-10-16-28)29-17-11-6-12-18-29/h4-23H,3,24H2,1-2H3,(H,36,39)(H,37,38). The van der Waals surface area contributed by atoms with Crippen molar-refractivity contribution in [1.29, 1.82) is 0 Å². The van der Waals surface area contributed by atoms with Crippen LogP contribution in [0.15, 0.2) is 114 Å². The maximum absolute atomic E-state index is 5.83. The zero-order valence-corrected chi connectivity index (χ0v) is 22.8. The molecule has 0 aliphatic heterocycles. The van der Waals surface area contributed by atoms with Crippen LogP contribution in [0, 0.1) is 6.92 Å². The van der Waals surface area contributed by atoms with Gasteiger partial charge in [-0.15, -0.1) is 0 Å². The van der Waals surface area contributed by atoms with Gasteiger partial charge in [0, 0.05) is 18.7 Å². The van der Waals surface area contributed by atoms with Crippen LogP contribution in [0.3, 0.4) is 0 Å². The number of hydrogen-bond donors (Lipinski definition) is 2. The van der Waals surface area contributed by atoms with E-state index in [0.29, 0.717) is 12.4 Å². The normalized spacial score (nSPS) is 11.8. The second-order valence-electron chi connectivity index (χ2n) is 9.98. The van der Waals surface area contributed by atoms with Crippen molar-refractivity contribution in [2.24, 2.45) is 0 Å². The Labute approximate surface area is 234 Å². The minimum Gasteiger partial charge on any atom is -0.424 e. The third-order valence-electron chi connectivity index (χ3n) is 7.38. The number of oxazole rings is 1.